The van der Waals surface area contributed by atoms with Crippen molar-refractivity contribution in [2.24, 2.45) is 0 Å². The number of aliphatic hydroxyl groups is 1. The second kappa shape index (κ2) is 3.07. The Bertz CT molecular complexity index is 450. The second-order valence-corrected chi connectivity index (χ2v) is 5.98. The van der Waals surface area contributed by atoms with E-state index in [4.69, 9.17) is 0 Å². The van der Waals surface area contributed by atoms with Gasteiger partial charge in [0.1, 0.15) is 0 Å². The molecule has 76 valence electrons. The molecule has 1 aromatic carbocycles. The molecule has 0 saturated heterocycles. The first kappa shape index (κ1) is 9.68. The van der Waals surface area contributed by atoms with Gasteiger partial charge in [-0.3, -0.25) is 0 Å². The fourth-order valence-electron chi connectivity index (χ4n) is 1.92. The molecular weight excluding hydrogens is 200 g/mol. The zero-order valence-corrected chi connectivity index (χ0v) is 8.66. The molecule has 0 radical (unpaired) electrons. The van der Waals surface area contributed by atoms with Crippen LogP contribution in [0.2, 0.25) is 0 Å². The van der Waals surface area contributed by atoms with Gasteiger partial charge in [-0.05, 0) is 17.5 Å². The highest BCUT2D eigenvalue weighted by atomic mass is 32.2. The molecule has 0 fully saturated rings. The molecule has 14 heavy (non-hydrogen) atoms. The van der Waals surface area contributed by atoms with Crippen LogP contribution in [0, 0.1) is 0 Å². The van der Waals surface area contributed by atoms with Crippen LogP contribution in [0.15, 0.2) is 24.3 Å². The normalized spacial score (nSPS) is 26.1. The Morgan fingerprint density at radius 1 is 1.36 bits per heavy atom. The number of rotatable bonds is 1. The summed E-state index contributed by atoms with van der Waals surface area (Å²) < 4.78 is 22.7. The number of fused-ring (bicyclic) bond motifs is 1. The van der Waals surface area contributed by atoms with Crippen molar-refractivity contribution in [2.45, 2.75) is 17.8 Å². The first-order valence-electron chi connectivity index (χ1n) is 4.45. The number of benzene rings is 1. The maximum Gasteiger partial charge on any atom is 0.153 e. The Hall–Kier alpha value is -0.870. The molecule has 3 nitrogen and oxygen atoms in total. The lowest BCUT2D eigenvalue weighted by molar-refractivity contribution is 0.182. The molecule has 0 amide bonds. The van der Waals surface area contributed by atoms with E-state index < -0.39 is 21.2 Å². The molecule has 1 N–H and O–H groups in total. The van der Waals surface area contributed by atoms with E-state index in [9.17, 15) is 13.5 Å². The van der Waals surface area contributed by atoms with E-state index in [1.165, 1.54) is 6.26 Å². The molecular formula is C10H12O3S. The first-order valence-corrected chi connectivity index (χ1v) is 6.40. The lowest BCUT2D eigenvalue weighted by Gasteiger charge is -2.12. The summed E-state index contributed by atoms with van der Waals surface area (Å²) in [6.45, 7) is 0. The summed E-state index contributed by atoms with van der Waals surface area (Å²) in [5.74, 6) is 0. The Balaban J connectivity index is 2.44. The molecule has 1 aromatic rings. The minimum absolute atomic E-state index is 0.427. The Labute approximate surface area is 83.3 Å². The maximum atomic E-state index is 11.4. The Morgan fingerprint density at radius 2 is 2.00 bits per heavy atom. The minimum Gasteiger partial charge on any atom is -0.387 e. The lowest BCUT2D eigenvalue weighted by atomic mass is 10.1. The molecule has 0 aromatic heterocycles. The molecule has 2 rings (SSSR count). The summed E-state index contributed by atoms with van der Waals surface area (Å²) in [7, 11) is -3.17. The number of hydrogen-bond acceptors (Lipinski definition) is 3. The smallest absolute Gasteiger partial charge is 0.153 e. The van der Waals surface area contributed by atoms with Gasteiger partial charge in [0, 0.05) is 6.26 Å². The van der Waals surface area contributed by atoms with E-state index in [-0.39, 0.29) is 0 Å². The lowest BCUT2D eigenvalue weighted by Crippen LogP contribution is -2.24. The maximum absolute atomic E-state index is 11.4. The van der Waals surface area contributed by atoms with Gasteiger partial charge >= 0.3 is 0 Å². The fraction of sp³-hybridized carbons (Fsp3) is 0.400. The Morgan fingerprint density at radius 3 is 2.57 bits per heavy atom. The van der Waals surface area contributed by atoms with Crippen molar-refractivity contribution in [3.8, 4) is 0 Å². The molecule has 0 spiro atoms. The highest BCUT2D eigenvalue weighted by Crippen LogP contribution is 2.34. The van der Waals surface area contributed by atoms with E-state index in [0.717, 1.165) is 11.1 Å². The van der Waals surface area contributed by atoms with E-state index in [2.05, 4.69) is 0 Å². The van der Waals surface area contributed by atoms with Gasteiger partial charge in [0.2, 0.25) is 0 Å². The quantitative estimate of drug-likeness (QED) is 0.745. The molecule has 1 aliphatic rings. The monoisotopic (exact) mass is 212 g/mol. The number of hydrogen-bond donors (Lipinski definition) is 1. The molecule has 0 bridgehead atoms. The average molecular weight is 212 g/mol. The third kappa shape index (κ3) is 1.44. The minimum atomic E-state index is -3.17. The van der Waals surface area contributed by atoms with Crippen LogP contribution in [0.1, 0.15) is 17.2 Å². The summed E-state index contributed by atoms with van der Waals surface area (Å²) >= 11 is 0. The van der Waals surface area contributed by atoms with Gasteiger partial charge in [-0.1, -0.05) is 24.3 Å². The number of aliphatic hydroxyl groups excluding tert-OH is 1. The van der Waals surface area contributed by atoms with Gasteiger partial charge < -0.3 is 5.11 Å². The molecule has 0 aliphatic heterocycles. The van der Waals surface area contributed by atoms with Crippen molar-refractivity contribution in [1.29, 1.82) is 0 Å². The van der Waals surface area contributed by atoms with Crippen LogP contribution in [0.4, 0.5) is 0 Å². The van der Waals surface area contributed by atoms with E-state index in [1.807, 2.05) is 18.2 Å². The van der Waals surface area contributed by atoms with Crippen LogP contribution < -0.4 is 0 Å². The van der Waals surface area contributed by atoms with Crippen molar-refractivity contribution < 1.29 is 13.5 Å². The van der Waals surface area contributed by atoms with Gasteiger partial charge in [0.15, 0.2) is 9.84 Å². The van der Waals surface area contributed by atoms with Gasteiger partial charge in [0.05, 0.1) is 11.4 Å². The zero-order chi connectivity index (χ0) is 10.3. The number of sulfone groups is 1. The van der Waals surface area contributed by atoms with E-state index in [0.29, 0.717) is 6.42 Å². The highest BCUT2D eigenvalue weighted by Gasteiger charge is 2.37. The molecule has 0 saturated carbocycles. The van der Waals surface area contributed by atoms with Crippen LogP contribution in [-0.4, -0.2) is 25.0 Å². The van der Waals surface area contributed by atoms with Crippen LogP contribution in [0.25, 0.3) is 0 Å². The summed E-state index contributed by atoms with van der Waals surface area (Å²) in [5.41, 5.74) is 1.69. The second-order valence-electron chi connectivity index (χ2n) is 3.72. The predicted molar refractivity (Wildman–Crippen MR) is 53.7 cm³/mol. The first-order chi connectivity index (χ1) is 6.50. The summed E-state index contributed by atoms with van der Waals surface area (Å²) in [4.78, 5) is 0. The van der Waals surface area contributed by atoms with Crippen LogP contribution in [0.5, 0.6) is 0 Å². The summed E-state index contributed by atoms with van der Waals surface area (Å²) in [6.07, 6.45) is 0.740. The Kier molecular flexibility index (Phi) is 2.12. The molecule has 4 heteroatoms. The third-order valence-electron chi connectivity index (χ3n) is 2.70. The van der Waals surface area contributed by atoms with Crippen LogP contribution in [0.3, 0.4) is 0 Å². The molecule has 1 aliphatic carbocycles. The van der Waals surface area contributed by atoms with Gasteiger partial charge in [-0.15, -0.1) is 0 Å². The van der Waals surface area contributed by atoms with Crippen LogP contribution in [-0.2, 0) is 16.3 Å². The highest BCUT2D eigenvalue weighted by molar-refractivity contribution is 7.91. The van der Waals surface area contributed by atoms with E-state index >= 15 is 0 Å². The standard InChI is InChI=1S/C10H12O3S/c1-14(12,13)9-6-7-4-2-3-5-8(7)10(9)11/h2-5,9-11H,6H2,1H3. The molecule has 2 unspecified atom stereocenters. The van der Waals surface area contributed by atoms with Crippen molar-refractivity contribution >= 4 is 9.84 Å². The molecule has 2 atom stereocenters. The zero-order valence-electron chi connectivity index (χ0n) is 7.84. The average Bonchev–Trinajstić information content (AvgIpc) is 2.44. The van der Waals surface area contributed by atoms with Crippen LogP contribution >= 0.6 is 0 Å². The van der Waals surface area contributed by atoms with E-state index in [1.54, 1.807) is 6.07 Å². The van der Waals surface area contributed by atoms with Gasteiger partial charge in [0.25, 0.3) is 0 Å². The third-order valence-corrected chi connectivity index (χ3v) is 4.22. The van der Waals surface area contributed by atoms with Crippen molar-refractivity contribution in [2.75, 3.05) is 6.26 Å². The predicted octanol–water partition coefficient (Wildman–Crippen LogP) is 0.689. The van der Waals surface area contributed by atoms with Gasteiger partial charge in [-0.2, -0.15) is 0 Å². The fourth-order valence-corrected chi connectivity index (χ4v) is 3.02. The molecule has 0 heterocycles. The van der Waals surface area contributed by atoms with Crippen molar-refractivity contribution in [1.82, 2.24) is 0 Å². The van der Waals surface area contributed by atoms with Gasteiger partial charge in [-0.25, -0.2) is 8.42 Å². The summed E-state index contributed by atoms with van der Waals surface area (Å²) in [6, 6.07) is 7.32. The largest absolute Gasteiger partial charge is 0.387 e. The topological polar surface area (TPSA) is 54.4 Å². The van der Waals surface area contributed by atoms with Crippen molar-refractivity contribution in [3.05, 3.63) is 35.4 Å². The SMILES string of the molecule is CS(=O)(=O)C1Cc2ccccc2C1O. The summed E-state index contributed by atoms with van der Waals surface area (Å²) in [5, 5.41) is 9.13. The van der Waals surface area contributed by atoms with Crippen molar-refractivity contribution in [3.63, 3.8) is 0 Å².